The van der Waals surface area contributed by atoms with Crippen LogP contribution >= 0.6 is 0 Å². The van der Waals surface area contributed by atoms with E-state index in [-0.39, 0.29) is 23.7 Å². The lowest BCUT2D eigenvalue weighted by molar-refractivity contribution is -0.147. The quantitative estimate of drug-likeness (QED) is 0.699. The topological polar surface area (TPSA) is 85.9 Å². The van der Waals surface area contributed by atoms with Crippen LogP contribution in [0.3, 0.4) is 0 Å². The van der Waals surface area contributed by atoms with E-state index in [1.54, 1.807) is 17.0 Å². The summed E-state index contributed by atoms with van der Waals surface area (Å²) < 4.78 is 19.2. The minimum absolute atomic E-state index is 0.0000728. The fraction of sp³-hybridized carbons (Fsp3) is 0.600. The second kappa shape index (κ2) is 9.33. The molecule has 2 fully saturated rings. The van der Waals surface area contributed by atoms with Gasteiger partial charge in [-0.15, -0.1) is 0 Å². The maximum absolute atomic E-state index is 13.8. The summed E-state index contributed by atoms with van der Waals surface area (Å²) in [6, 6.07) is 4.24. The number of hydrogen-bond donors (Lipinski definition) is 2. The highest BCUT2D eigenvalue weighted by atomic mass is 19.1. The Labute approximate surface area is 193 Å². The predicted molar refractivity (Wildman–Crippen MR) is 124 cm³/mol. The Balaban J connectivity index is 1.37. The average Bonchev–Trinajstić information content (AvgIpc) is 3.16. The Morgan fingerprint density at radius 3 is 2.39 bits per heavy atom. The number of rotatable bonds is 4. The summed E-state index contributed by atoms with van der Waals surface area (Å²) in [5.41, 5.74) is 1.49. The van der Waals surface area contributed by atoms with Gasteiger partial charge in [0.15, 0.2) is 0 Å². The fourth-order valence-electron chi connectivity index (χ4n) is 5.32. The van der Waals surface area contributed by atoms with Gasteiger partial charge in [-0.05, 0) is 95.1 Å². The van der Waals surface area contributed by atoms with Crippen LogP contribution in [0.15, 0.2) is 24.4 Å². The highest BCUT2D eigenvalue weighted by Gasteiger charge is 2.39. The number of aromatic amines is 1. The molecule has 1 unspecified atom stereocenters. The van der Waals surface area contributed by atoms with Gasteiger partial charge in [0.1, 0.15) is 17.5 Å². The molecule has 180 valence electrons. The number of nitrogens with zero attached hydrogens (tertiary/aromatic N) is 2. The van der Waals surface area contributed by atoms with Crippen molar-refractivity contribution in [3.63, 3.8) is 0 Å². The van der Waals surface area contributed by atoms with Gasteiger partial charge in [-0.1, -0.05) is 0 Å². The van der Waals surface area contributed by atoms with Gasteiger partial charge in [0, 0.05) is 30.2 Å². The zero-order valence-electron chi connectivity index (χ0n) is 19.6. The first-order chi connectivity index (χ1) is 15.6. The number of nitrogens with one attached hydrogen (secondary N) is 1. The second-order valence-electron chi connectivity index (χ2n) is 10.3. The standard InChI is InChI=1S/C25H34FN3O4/c1-25(2,3)33-24(32)29-12-8-17(9-13-29)22(23(30)31)28-10-6-16(7-11-28)20-15-27-21-5-4-18(26)14-19(20)21/h4-5,14-17,22,27H,6-13H2,1-3H3,(H,30,31). The first kappa shape index (κ1) is 23.5. The maximum Gasteiger partial charge on any atom is 0.410 e. The van der Waals surface area contributed by atoms with Crippen molar-refractivity contribution in [3.8, 4) is 0 Å². The molecule has 1 atom stereocenters. The fourth-order valence-corrected chi connectivity index (χ4v) is 5.32. The Bertz CT molecular complexity index is 999. The minimum atomic E-state index is -0.793. The van der Waals surface area contributed by atoms with E-state index in [4.69, 9.17) is 4.74 Å². The summed E-state index contributed by atoms with van der Waals surface area (Å²) in [7, 11) is 0. The molecule has 7 nitrogen and oxygen atoms in total. The van der Waals surface area contributed by atoms with Gasteiger partial charge >= 0.3 is 12.1 Å². The smallest absolute Gasteiger partial charge is 0.410 e. The number of likely N-dealkylation sites (tertiary alicyclic amines) is 2. The molecule has 8 heteroatoms. The molecule has 33 heavy (non-hydrogen) atoms. The molecule has 2 aliphatic rings. The van der Waals surface area contributed by atoms with Gasteiger partial charge in [-0.3, -0.25) is 9.69 Å². The van der Waals surface area contributed by atoms with E-state index in [9.17, 15) is 19.1 Å². The number of carboxylic acid groups (broad SMARTS) is 1. The number of halogens is 1. The van der Waals surface area contributed by atoms with E-state index in [0.29, 0.717) is 39.0 Å². The van der Waals surface area contributed by atoms with Gasteiger partial charge in [0.2, 0.25) is 0 Å². The van der Waals surface area contributed by atoms with E-state index >= 15 is 0 Å². The van der Waals surface area contributed by atoms with Crippen molar-refractivity contribution >= 4 is 23.0 Å². The molecule has 2 aromatic rings. The highest BCUT2D eigenvalue weighted by Crippen LogP contribution is 2.35. The van der Waals surface area contributed by atoms with E-state index in [2.05, 4.69) is 9.88 Å². The van der Waals surface area contributed by atoms with E-state index in [0.717, 1.165) is 29.3 Å². The van der Waals surface area contributed by atoms with Crippen molar-refractivity contribution in [2.24, 2.45) is 5.92 Å². The number of H-pyrrole nitrogens is 1. The molecular weight excluding hydrogens is 425 g/mol. The van der Waals surface area contributed by atoms with Crippen molar-refractivity contribution in [2.75, 3.05) is 26.2 Å². The van der Waals surface area contributed by atoms with Crippen LogP contribution in [0.1, 0.15) is 57.9 Å². The summed E-state index contributed by atoms with van der Waals surface area (Å²) in [5, 5.41) is 10.9. The van der Waals surface area contributed by atoms with Gasteiger partial charge in [-0.25, -0.2) is 9.18 Å². The number of aromatic nitrogens is 1. The number of benzene rings is 1. The minimum Gasteiger partial charge on any atom is -0.480 e. The average molecular weight is 460 g/mol. The number of fused-ring (bicyclic) bond motifs is 1. The zero-order valence-corrected chi connectivity index (χ0v) is 19.6. The Morgan fingerprint density at radius 1 is 1.12 bits per heavy atom. The Morgan fingerprint density at radius 2 is 1.79 bits per heavy atom. The largest absolute Gasteiger partial charge is 0.480 e. The highest BCUT2D eigenvalue weighted by molar-refractivity contribution is 5.83. The van der Waals surface area contributed by atoms with Crippen LogP contribution in [-0.4, -0.2) is 69.8 Å². The van der Waals surface area contributed by atoms with Gasteiger partial charge in [-0.2, -0.15) is 0 Å². The van der Waals surface area contributed by atoms with E-state index in [1.165, 1.54) is 6.07 Å². The monoisotopic (exact) mass is 459 g/mol. The number of carbonyl (C=O) groups is 2. The van der Waals surface area contributed by atoms with Crippen molar-refractivity contribution in [1.29, 1.82) is 0 Å². The molecule has 0 radical (unpaired) electrons. The summed E-state index contributed by atoms with van der Waals surface area (Å²) >= 11 is 0. The van der Waals surface area contributed by atoms with Crippen molar-refractivity contribution in [2.45, 2.75) is 64.0 Å². The summed E-state index contributed by atoms with van der Waals surface area (Å²) in [5.74, 6) is -0.761. The molecule has 0 spiro atoms. The second-order valence-corrected chi connectivity index (χ2v) is 10.3. The third kappa shape index (κ3) is 5.32. The summed E-state index contributed by atoms with van der Waals surface area (Å²) in [4.78, 5) is 31.6. The number of aliphatic carboxylic acids is 1. The number of carboxylic acids is 1. The predicted octanol–water partition coefficient (Wildman–Crippen LogP) is 4.59. The molecule has 1 aromatic heterocycles. The Hall–Kier alpha value is -2.61. The molecule has 2 aliphatic heterocycles. The van der Waals surface area contributed by atoms with Crippen LogP contribution < -0.4 is 0 Å². The van der Waals surface area contributed by atoms with Crippen molar-refractivity contribution in [1.82, 2.24) is 14.8 Å². The van der Waals surface area contributed by atoms with Gasteiger partial charge < -0.3 is 19.7 Å². The van der Waals surface area contributed by atoms with Crippen molar-refractivity contribution < 1.29 is 23.8 Å². The molecule has 1 aromatic carbocycles. The summed E-state index contributed by atoms with van der Waals surface area (Å²) in [6.45, 7) is 7.94. The third-order valence-corrected chi connectivity index (χ3v) is 6.93. The van der Waals surface area contributed by atoms with Crippen LogP contribution in [0.5, 0.6) is 0 Å². The normalized spacial score (nSPS) is 20.2. The molecule has 0 aliphatic carbocycles. The van der Waals surface area contributed by atoms with Gasteiger partial charge in [0.05, 0.1) is 0 Å². The number of ether oxygens (including phenoxy) is 1. The van der Waals surface area contributed by atoms with Crippen LogP contribution in [-0.2, 0) is 9.53 Å². The molecular formula is C25H34FN3O4. The molecule has 2 saturated heterocycles. The first-order valence-electron chi connectivity index (χ1n) is 11.8. The lowest BCUT2D eigenvalue weighted by atomic mass is 9.84. The van der Waals surface area contributed by atoms with E-state index in [1.807, 2.05) is 27.0 Å². The van der Waals surface area contributed by atoms with E-state index < -0.39 is 17.6 Å². The molecule has 1 amide bonds. The maximum atomic E-state index is 13.8. The molecule has 4 rings (SSSR count). The molecule has 0 saturated carbocycles. The number of amides is 1. The summed E-state index contributed by atoms with van der Waals surface area (Å²) in [6.07, 6.45) is 4.61. The third-order valence-electron chi connectivity index (χ3n) is 6.93. The molecule has 3 heterocycles. The van der Waals surface area contributed by atoms with Crippen molar-refractivity contribution in [3.05, 3.63) is 35.8 Å². The zero-order chi connectivity index (χ0) is 23.8. The number of hydrogen-bond acceptors (Lipinski definition) is 4. The molecule has 2 N–H and O–H groups in total. The number of carbonyl (C=O) groups excluding carboxylic acids is 1. The van der Waals surface area contributed by atoms with Crippen LogP contribution in [0.4, 0.5) is 9.18 Å². The van der Waals surface area contributed by atoms with Crippen LogP contribution in [0, 0.1) is 11.7 Å². The van der Waals surface area contributed by atoms with Crippen LogP contribution in [0.25, 0.3) is 10.9 Å². The molecule has 0 bridgehead atoms. The lowest BCUT2D eigenvalue weighted by Crippen LogP contribution is -2.52. The lowest BCUT2D eigenvalue weighted by Gasteiger charge is -2.42. The first-order valence-corrected chi connectivity index (χ1v) is 11.8. The SMILES string of the molecule is CC(C)(C)OC(=O)N1CCC(C(C(=O)O)N2CCC(c3c[nH]c4ccc(F)cc34)CC2)CC1. The number of piperidine rings is 2. The van der Waals surface area contributed by atoms with Gasteiger partial charge in [0.25, 0.3) is 0 Å². The Kier molecular flexibility index (Phi) is 6.66. The van der Waals surface area contributed by atoms with Crippen LogP contribution in [0.2, 0.25) is 0 Å².